The van der Waals surface area contributed by atoms with Crippen molar-refractivity contribution >= 4 is 17.8 Å². The summed E-state index contributed by atoms with van der Waals surface area (Å²) in [7, 11) is 0. The highest BCUT2D eigenvalue weighted by Gasteiger charge is 2.44. The fourth-order valence-electron chi connectivity index (χ4n) is 2.97. The standard InChI is InChI=1S/C13H18FN3S/c1-10-8-13(5-6-15-10)9-16-18-17(13)12-4-2-3-11(14)7-12/h2-4,7,10,15-16H,5-6,8-9H2,1H3/t10-,13?/m0/s1. The van der Waals surface area contributed by atoms with E-state index in [9.17, 15) is 4.39 Å². The van der Waals surface area contributed by atoms with Gasteiger partial charge in [-0.25, -0.2) is 9.11 Å². The topological polar surface area (TPSA) is 27.3 Å². The van der Waals surface area contributed by atoms with Crippen LogP contribution in [0.5, 0.6) is 0 Å². The van der Waals surface area contributed by atoms with E-state index < -0.39 is 0 Å². The summed E-state index contributed by atoms with van der Waals surface area (Å²) in [6, 6.07) is 7.39. The Balaban J connectivity index is 1.91. The maximum absolute atomic E-state index is 13.4. The van der Waals surface area contributed by atoms with E-state index in [1.807, 2.05) is 6.07 Å². The van der Waals surface area contributed by atoms with Crippen molar-refractivity contribution in [2.75, 3.05) is 17.4 Å². The van der Waals surface area contributed by atoms with E-state index in [0.717, 1.165) is 31.6 Å². The monoisotopic (exact) mass is 267 g/mol. The highest BCUT2D eigenvalue weighted by Crippen LogP contribution is 2.41. The summed E-state index contributed by atoms with van der Waals surface area (Å²) in [6.45, 7) is 4.20. The van der Waals surface area contributed by atoms with Crippen LogP contribution in [0.15, 0.2) is 24.3 Å². The average Bonchev–Trinajstić information content (AvgIpc) is 2.72. The van der Waals surface area contributed by atoms with E-state index in [1.165, 1.54) is 6.07 Å². The second kappa shape index (κ2) is 4.72. The molecule has 0 radical (unpaired) electrons. The van der Waals surface area contributed by atoms with Gasteiger partial charge < -0.3 is 5.32 Å². The molecule has 3 nitrogen and oxygen atoms in total. The number of hydrogen-bond acceptors (Lipinski definition) is 4. The van der Waals surface area contributed by atoms with Gasteiger partial charge in [-0.15, -0.1) is 0 Å². The molecule has 3 rings (SSSR count). The van der Waals surface area contributed by atoms with E-state index in [1.54, 1.807) is 24.3 Å². The lowest BCUT2D eigenvalue weighted by Gasteiger charge is -2.43. The number of hydrogen-bond donors (Lipinski definition) is 2. The Kier molecular flexibility index (Phi) is 3.21. The Labute approximate surface area is 111 Å². The van der Waals surface area contributed by atoms with Gasteiger partial charge in [0.1, 0.15) is 5.82 Å². The largest absolute Gasteiger partial charge is 0.314 e. The lowest BCUT2D eigenvalue weighted by Crippen LogP contribution is -2.55. The fraction of sp³-hybridized carbons (Fsp3) is 0.538. The van der Waals surface area contributed by atoms with Crippen LogP contribution in [0.25, 0.3) is 0 Å². The maximum Gasteiger partial charge on any atom is 0.125 e. The van der Waals surface area contributed by atoms with Gasteiger partial charge in [-0.2, -0.15) is 0 Å². The van der Waals surface area contributed by atoms with Gasteiger partial charge in [0.25, 0.3) is 0 Å². The zero-order valence-electron chi connectivity index (χ0n) is 10.4. The molecule has 0 saturated carbocycles. The Bertz CT molecular complexity index is 442. The Morgan fingerprint density at radius 2 is 2.39 bits per heavy atom. The minimum Gasteiger partial charge on any atom is -0.314 e. The van der Waals surface area contributed by atoms with Crippen molar-refractivity contribution in [1.29, 1.82) is 0 Å². The minimum absolute atomic E-state index is 0.114. The molecule has 18 heavy (non-hydrogen) atoms. The first-order chi connectivity index (χ1) is 8.70. The maximum atomic E-state index is 13.4. The normalized spacial score (nSPS) is 32.1. The summed E-state index contributed by atoms with van der Waals surface area (Å²) in [4.78, 5) is 0. The van der Waals surface area contributed by atoms with Crippen LogP contribution in [-0.2, 0) is 0 Å². The average molecular weight is 267 g/mol. The van der Waals surface area contributed by atoms with Gasteiger partial charge in [-0.05, 0) is 44.5 Å². The van der Waals surface area contributed by atoms with Crippen LogP contribution in [-0.4, -0.2) is 24.7 Å². The summed E-state index contributed by atoms with van der Waals surface area (Å²) >= 11 is 1.60. The molecule has 2 aliphatic heterocycles. The second-order valence-electron chi connectivity index (χ2n) is 5.22. The highest BCUT2D eigenvalue weighted by atomic mass is 32.2. The number of benzene rings is 1. The van der Waals surface area contributed by atoms with Crippen LogP contribution >= 0.6 is 12.1 Å². The van der Waals surface area contributed by atoms with Gasteiger partial charge in [0.05, 0.1) is 11.2 Å². The quantitative estimate of drug-likeness (QED) is 0.764. The molecule has 2 saturated heterocycles. The number of nitrogens with zero attached hydrogens (tertiary/aromatic N) is 1. The Morgan fingerprint density at radius 3 is 3.17 bits per heavy atom. The molecule has 0 bridgehead atoms. The third kappa shape index (κ3) is 2.11. The van der Waals surface area contributed by atoms with E-state index in [4.69, 9.17) is 0 Å². The van der Waals surface area contributed by atoms with Gasteiger partial charge in [0, 0.05) is 24.7 Å². The SMILES string of the molecule is C[C@H]1CC2(CCN1)CNSN2c1cccc(F)c1. The van der Waals surface area contributed by atoms with Gasteiger partial charge in [-0.1, -0.05) is 6.07 Å². The zero-order chi connectivity index (χ0) is 12.6. The summed E-state index contributed by atoms with van der Waals surface area (Å²) < 4.78 is 19.0. The van der Waals surface area contributed by atoms with Crippen molar-refractivity contribution in [3.8, 4) is 0 Å². The molecule has 2 atom stereocenters. The smallest absolute Gasteiger partial charge is 0.125 e. The second-order valence-corrected chi connectivity index (χ2v) is 6.06. The third-order valence-corrected chi connectivity index (χ3v) is 4.85. The number of rotatable bonds is 1. The number of anilines is 1. The first kappa shape index (κ1) is 12.3. The first-order valence-corrected chi connectivity index (χ1v) is 7.16. The molecule has 2 heterocycles. The molecule has 5 heteroatoms. The van der Waals surface area contributed by atoms with Crippen molar-refractivity contribution < 1.29 is 4.39 Å². The number of nitrogens with one attached hydrogen (secondary N) is 2. The summed E-state index contributed by atoms with van der Waals surface area (Å²) in [5.74, 6) is -0.169. The summed E-state index contributed by atoms with van der Waals surface area (Å²) in [5.41, 5.74) is 1.07. The van der Waals surface area contributed by atoms with Crippen LogP contribution in [0.2, 0.25) is 0 Å². The van der Waals surface area contributed by atoms with Crippen molar-refractivity contribution in [3.05, 3.63) is 30.1 Å². The van der Waals surface area contributed by atoms with E-state index >= 15 is 0 Å². The van der Waals surface area contributed by atoms with Crippen molar-refractivity contribution in [2.45, 2.75) is 31.3 Å². The van der Waals surface area contributed by atoms with Crippen molar-refractivity contribution in [3.63, 3.8) is 0 Å². The molecule has 98 valence electrons. The molecule has 0 aromatic heterocycles. The molecule has 1 aromatic rings. The molecular weight excluding hydrogens is 249 g/mol. The van der Waals surface area contributed by atoms with Crippen molar-refractivity contribution in [2.24, 2.45) is 0 Å². The van der Waals surface area contributed by atoms with Crippen LogP contribution in [0, 0.1) is 5.82 Å². The Morgan fingerprint density at radius 1 is 1.50 bits per heavy atom. The number of piperidine rings is 1. The van der Waals surface area contributed by atoms with E-state index in [-0.39, 0.29) is 11.4 Å². The molecule has 1 aromatic carbocycles. The molecule has 2 aliphatic rings. The molecule has 0 amide bonds. The summed E-state index contributed by atoms with van der Waals surface area (Å²) in [6.07, 6.45) is 2.18. The molecule has 1 spiro atoms. The Hall–Kier alpha value is -0.780. The molecule has 2 fully saturated rings. The van der Waals surface area contributed by atoms with Crippen LogP contribution in [0.4, 0.5) is 10.1 Å². The van der Waals surface area contributed by atoms with E-state index in [2.05, 4.69) is 21.3 Å². The third-order valence-electron chi connectivity index (χ3n) is 3.80. The van der Waals surface area contributed by atoms with Crippen LogP contribution in [0.3, 0.4) is 0 Å². The zero-order valence-corrected chi connectivity index (χ0v) is 11.3. The van der Waals surface area contributed by atoms with Gasteiger partial charge >= 0.3 is 0 Å². The lowest BCUT2D eigenvalue weighted by atomic mass is 9.84. The molecular formula is C13H18FN3S. The van der Waals surface area contributed by atoms with Crippen molar-refractivity contribution in [1.82, 2.24) is 10.0 Å². The van der Waals surface area contributed by atoms with Gasteiger partial charge in [0.15, 0.2) is 0 Å². The fourth-order valence-corrected chi connectivity index (χ4v) is 4.07. The number of halogens is 1. The molecule has 2 N–H and O–H groups in total. The van der Waals surface area contributed by atoms with Gasteiger partial charge in [0.2, 0.25) is 0 Å². The molecule has 1 unspecified atom stereocenters. The highest BCUT2D eigenvalue weighted by molar-refractivity contribution is 7.99. The lowest BCUT2D eigenvalue weighted by molar-refractivity contribution is 0.283. The van der Waals surface area contributed by atoms with Gasteiger partial charge in [-0.3, -0.25) is 4.31 Å². The van der Waals surface area contributed by atoms with Crippen LogP contribution < -0.4 is 14.3 Å². The minimum atomic E-state index is -0.169. The summed E-state index contributed by atoms with van der Waals surface area (Å²) in [5, 5.41) is 3.48. The first-order valence-electron chi connectivity index (χ1n) is 6.39. The van der Waals surface area contributed by atoms with Crippen LogP contribution in [0.1, 0.15) is 19.8 Å². The molecule has 0 aliphatic carbocycles. The predicted octanol–water partition coefficient (Wildman–Crippen LogP) is 2.31. The van der Waals surface area contributed by atoms with E-state index in [0.29, 0.717) is 6.04 Å². The predicted molar refractivity (Wildman–Crippen MR) is 73.9 cm³/mol.